The van der Waals surface area contributed by atoms with Crippen LogP contribution in [0.3, 0.4) is 0 Å². The maximum absolute atomic E-state index is 6.24. The summed E-state index contributed by atoms with van der Waals surface area (Å²) < 4.78 is 6.24. The fourth-order valence-electron chi connectivity index (χ4n) is 9.44. The van der Waals surface area contributed by atoms with Crippen molar-refractivity contribution in [1.29, 1.82) is 0 Å². The van der Waals surface area contributed by atoms with Gasteiger partial charge in [0, 0.05) is 27.7 Å². The summed E-state index contributed by atoms with van der Waals surface area (Å²) in [7, 11) is 0. The molecule has 0 atom stereocenters. The number of anilines is 3. The Morgan fingerprint density at radius 1 is 0.274 bits per heavy atom. The van der Waals surface area contributed by atoms with Gasteiger partial charge in [-0.3, -0.25) is 0 Å². The second-order valence-corrected chi connectivity index (χ2v) is 16.1. The van der Waals surface area contributed by atoms with Crippen molar-refractivity contribution >= 4 is 71.3 Å². The van der Waals surface area contributed by atoms with E-state index in [-0.39, 0.29) is 0 Å². The molecule has 11 aromatic carbocycles. The Labute approximate surface area is 360 Å². The van der Waals surface area contributed by atoms with Crippen molar-refractivity contribution in [3.8, 4) is 44.5 Å². The standard InChI is InChI=1S/C60H39NO/c1-2-13-41(14-3-1)51-19-8-10-23-57(51)61(49-34-29-42(30-35-49)55-39-47-15-4-5-18-50(47)52-20-6-7-21-53(52)55)48-32-27-40(28-33-48)44-16-12-17-45(37-44)46-26-25-43-31-36-59-60(56(43)38-46)54-22-9-11-24-58(54)62-59/h1-39H. The van der Waals surface area contributed by atoms with E-state index >= 15 is 0 Å². The number of hydrogen-bond acceptors (Lipinski definition) is 2. The van der Waals surface area contributed by atoms with Crippen LogP contribution in [0.25, 0.3) is 98.8 Å². The zero-order valence-electron chi connectivity index (χ0n) is 33.9. The number of fused-ring (bicyclic) bond motifs is 8. The van der Waals surface area contributed by atoms with Crippen molar-refractivity contribution in [1.82, 2.24) is 0 Å². The second-order valence-electron chi connectivity index (χ2n) is 16.1. The number of para-hydroxylation sites is 2. The van der Waals surface area contributed by atoms with E-state index in [0.29, 0.717) is 0 Å². The first kappa shape index (κ1) is 35.7. The van der Waals surface area contributed by atoms with Crippen molar-refractivity contribution in [3.05, 3.63) is 237 Å². The quantitative estimate of drug-likeness (QED) is 0.150. The highest BCUT2D eigenvalue weighted by molar-refractivity contribution is 6.19. The largest absolute Gasteiger partial charge is 0.456 e. The van der Waals surface area contributed by atoms with Gasteiger partial charge in [-0.25, -0.2) is 0 Å². The minimum Gasteiger partial charge on any atom is -0.456 e. The Hall–Kier alpha value is -8.20. The van der Waals surface area contributed by atoms with E-state index in [1.807, 2.05) is 12.1 Å². The predicted octanol–water partition coefficient (Wildman–Crippen LogP) is 17.2. The van der Waals surface area contributed by atoms with Crippen LogP contribution in [0.1, 0.15) is 0 Å². The first-order valence-corrected chi connectivity index (χ1v) is 21.2. The smallest absolute Gasteiger partial charge is 0.136 e. The molecule has 0 spiro atoms. The molecule has 0 aliphatic rings. The van der Waals surface area contributed by atoms with E-state index in [9.17, 15) is 0 Å². The summed E-state index contributed by atoms with van der Waals surface area (Å²) in [6.07, 6.45) is 0. The monoisotopic (exact) mass is 789 g/mol. The van der Waals surface area contributed by atoms with E-state index in [1.165, 1.54) is 76.6 Å². The van der Waals surface area contributed by atoms with Gasteiger partial charge in [0.15, 0.2) is 0 Å². The molecule has 1 heterocycles. The molecule has 12 aromatic rings. The Morgan fingerprint density at radius 3 is 1.65 bits per heavy atom. The van der Waals surface area contributed by atoms with E-state index in [2.05, 4.69) is 229 Å². The highest BCUT2D eigenvalue weighted by atomic mass is 16.3. The van der Waals surface area contributed by atoms with Gasteiger partial charge in [0.25, 0.3) is 0 Å². The van der Waals surface area contributed by atoms with Crippen molar-refractivity contribution in [2.24, 2.45) is 0 Å². The zero-order chi connectivity index (χ0) is 41.0. The highest BCUT2D eigenvalue weighted by Gasteiger charge is 2.19. The van der Waals surface area contributed by atoms with Gasteiger partial charge < -0.3 is 9.32 Å². The van der Waals surface area contributed by atoms with Crippen molar-refractivity contribution in [3.63, 3.8) is 0 Å². The Bertz CT molecular complexity index is 3620. The number of benzene rings is 11. The van der Waals surface area contributed by atoms with Gasteiger partial charge in [0.2, 0.25) is 0 Å². The van der Waals surface area contributed by atoms with Crippen molar-refractivity contribution in [2.75, 3.05) is 4.90 Å². The van der Waals surface area contributed by atoms with Gasteiger partial charge >= 0.3 is 0 Å². The van der Waals surface area contributed by atoms with E-state index in [1.54, 1.807) is 0 Å². The minimum absolute atomic E-state index is 0.916. The molecule has 62 heavy (non-hydrogen) atoms. The lowest BCUT2D eigenvalue weighted by molar-refractivity contribution is 0.669. The molecule has 2 nitrogen and oxygen atoms in total. The summed E-state index contributed by atoms with van der Waals surface area (Å²) in [6.45, 7) is 0. The van der Waals surface area contributed by atoms with Crippen LogP contribution in [0, 0.1) is 0 Å². The minimum atomic E-state index is 0.916. The van der Waals surface area contributed by atoms with Crippen LogP contribution >= 0.6 is 0 Å². The molecule has 0 radical (unpaired) electrons. The molecule has 290 valence electrons. The SMILES string of the molecule is c1ccc(-c2ccccc2N(c2ccc(-c3cccc(-c4ccc5ccc6oc7ccccc7c6c5c4)c3)cc2)c2ccc(-c3cc4ccccc4c4ccccc34)cc2)cc1. The predicted molar refractivity (Wildman–Crippen MR) is 263 cm³/mol. The van der Waals surface area contributed by atoms with Gasteiger partial charge in [-0.05, 0) is 132 Å². The topological polar surface area (TPSA) is 16.4 Å². The van der Waals surface area contributed by atoms with E-state index in [4.69, 9.17) is 4.42 Å². The van der Waals surface area contributed by atoms with E-state index < -0.39 is 0 Å². The van der Waals surface area contributed by atoms with Gasteiger partial charge in [-0.15, -0.1) is 0 Å². The fraction of sp³-hybridized carbons (Fsp3) is 0. The maximum Gasteiger partial charge on any atom is 0.136 e. The van der Waals surface area contributed by atoms with Crippen LogP contribution in [-0.2, 0) is 0 Å². The first-order valence-electron chi connectivity index (χ1n) is 21.2. The molecule has 12 rings (SSSR count). The van der Waals surface area contributed by atoms with Crippen LogP contribution < -0.4 is 4.90 Å². The third kappa shape index (κ3) is 6.12. The van der Waals surface area contributed by atoms with Crippen LogP contribution in [0.2, 0.25) is 0 Å². The van der Waals surface area contributed by atoms with E-state index in [0.717, 1.165) is 39.2 Å². The highest BCUT2D eigenvalue weighted by Crippen LogP contribution is 2.43. The lowest BCUT2D eigenvalue weighted by Crippen LogP contribution is -2.11. The van der Waals surface area contributed by atoms with Gasteiger partial charge in [-0.1, -0.05) is 176 Å². The van der Waals surface area contributed by atoms with Gasteiger partial charge in [0.1, 0.15) is 11.2 Å². The Balaban J connectivity index is 0.935. The third-order valence-corrected chi connectivity index (χ3v) is 12.4. The third-order valence-electron chi connectivity index (χ3n) is 12.4. The number of nitrogens with zero attached hydrogens (tertiary/aromatic N) is 1. The first-order chi connectivity index (χ1) is 30.7. The fourth-order valence-corrected chi connectivity index (χ4v) is 9.44. The van der Waals surface area contributed by atoms with Crippen molar-refractivity contribution < 1.29 is 4.42 Å². The average Bonchev–Trinajstić information content (AvgIpc) is 3.74. The second kappa shape index (κ2) is 14.8. The lowest BCUT2D eigenvalue weighted by atomic mass is 9.93. The van der Waals surface area contributed by atoms with Gasteiger partial charge in [-0.2, -0.15) is 0 Å². The number of hydrogen-bond donors (Lipinski definition) is 0. The normalized spacial score (nSPS) is 11.5. The maximum atomic E-state index is 6.24. The number of furan rings is 1. The molecule has 0 unspecified atom stereocenters. The van der Waals surface area contributed by atoms with Crippen LogP contribution in [-0.4, -0.2) is 0 Å². The molecule has 0 saturated heterocycles. The molecule has 0 bridgehead atoms. The lowest BCUT2D eigenvalue weighted by Gasteiger charge is -2.28. The van der Waals surface area contributed by atoms with Crippen LogP contribution in [0.5, 0.6) is 0 Å². The van der Waals surface area contributed by atoms with Crippen LogP contribution in [0.15, 0.2) is 241 Å². The molecular formula is C60H39NO. The van der Waals surface area contributed by atoms with Gasteiger partial charge in [0.05, 0.1) is 5.69 Å². The molecule has 0 amide bonds. The van der Waals surface area contributed by atoms with Crippen LogP contribution in [0.4, 0.5) is 17.1 Å². The molecule has 0 saturated carbocycles. The molecular weight excluding hydrogens is 751 g/mol. The summed E-state index contributed by atoms with van der Waals surface area (Å²) in [5.41, 5.74) is 14.6. The summed E-state index contributed by atoms with van der Waals surface area (Å²) in [4.78, 5) is 2.39. The zero-order valence-corrected chi connectivity index (χ0v) is 33.9. The molecule has 0 N–H and O–H groups in total. The molecule has 0 aliphatic carbocycles. The summed E-state index contributed by atoms with van der Waals surface area (Å²) in [5, 5.41) is 9.78. The Kier molecular flexibility index (Phi) is 8.53. The summed E-state index contributed by atoms with van der Waals surface area (Å²) in [6, 6.07) is 85.5. The molecule has 1 aromatic heterocycles. The molecule has 0 aliphatic heterocycles. The average molecular weight is 790 g/mol. The summed E-state index contributed by atoms with van der Waals surface area (Å²) in [5.74, 6) is 0. The summed E-state index contributed by atoms with van der Waals surface area (Å²) >= 11 is 0. The molecule has 0 fully saturated rings. The number of rotatable bonds is 7. The molecule has 2 heteroatoms. The Morgan fingerprint density at radius 2 is 0.839 bits per heavy atom. The van der Waals surface area contributed by atoms with Crippen molar-refractivity contribution in [2.45, 2.75) is 0 Å².